The summed E-state index contributed by atoms with van der Waals surface area (Å²) in [4.78, 5) is 14.5. The van der Waals surface area contributed by atoms with Gasteiger partial charge in [0.25, 0.3) is 5.91 Å². The van der Waals surface area contributed by atoms with Gasteiger partial charge in [-0.1, -0.05) is 30.4 Å². The molecule has 0 spiro atoms. The van der Waals surface area contributed by atoms with Gasteiger partial charge in [-0.15, -0.1) is 0 Å². The van der Waals surface area contributed by atoms with Gasteiger partial charge >= 0.3 is 0 Å². The normalized spacial score (nSPS) is 33.9. The third-order valence-electron chi connectivity index (χ3n) is 4.69. The highest BCUT2D eigenvalue weighted by Gasteiger charge is 2.54. The average molecular weight is 225 g/mol. The van der Waals surface area contributed by atoms with Crippen molar-refractivity contribution < 1.29 is 4.79 Å². The zero-order chi connectivity index (χ0) is 11.6. The lowest BCUT2D eigenvalue weighted by atomic mass is 9.57. The third kappa shape index (κ3) is 0.991. The van der Waals surface area contributed by atoms with E-state index in [1.54, 1.807) is 0 Å². The van der Waals surface area contributed by atoms with E-state index in [0.717, 1.165) is 18.5 Å². The van der Waals surface area contributed by atoms with Crippen molar-refractivity contribution in [3.05, 3.63) is 47.5 Å². The molecule has 1 aliphatic carbocycles. The van der Waals surface area contributed by atoms with Gasteiger partial charge in [-0.25, -0.2) is 0 Å². The second-order valence-corrected chi connectivity index (χ2v) is 5.38. The zero-order valence-corrected chi connectivity index (χ0v) is 9.73. The molecule has 1 saturated carbocycles. The summed E-state index contributed by atoms with van der Waals surface area (Å²) in [6.45, 7) is 5.18. The Balaban J connectivity index is 1.91. The zero-order valence-electron chi connectivity index (χ0n) is 9.73. The molecular weight excluding hydrogens is 210 g/mol. The molecule has 3 atom stereocenters. The Kier molecular flexibility index (Phi) is 1.67. The predicted molar refractivity (Wildman–Crippen MR) is 65.9 cm³/mol. The van der Waals surface area contributed by atoms with Crippen LogP contribution in [0.5, 0.6) is 0 Å². The first-order valence-corrected chi connectivity index (χ1v) is 6.37. The molecule has 1 amide bonds. The second kappa shape index (κ2) is 3.00. The van der Waals surface area contributed by atoms with Crippen molar-refractivity contribution in [2.45, 2.75) is 24.8 Å². The number of benzene rings is 1. The maximum Gasteiger partial charge on any atom is 0.254 e. The van der Waals surface area contributed by atoms with Crippen LogP contribution in [0.15, 0.2) is 36.4 Å². The number of piperidine rings is 1. The van der Waals surface area contributed by atoms with Crippen LogP contribution >= 0.6 is 0 Å². The van der Waals surface area contributed by atoms with Crippen molar-refractivity contribution in [3.8, 4) is 0 Å². The minimum atomic E-state index is 0.235. The Morgan fingerprint density at radius 1 is 1.29 bits per heavy atom. The van der Waals surface area contributed by atoms with Gasteiger partial charge in [0.2, 0.25) is 0 Å². The Labute approximate surface area is 101 Å². The molecule has 1 aromatic rings. The molecule has 1 saturated heterocycles. The number of carbonyl (C=O) groups is 1. The van der Waals surface area contributed by atoms with Crippen molar-refractivity contribution in [2.75, 3.05) is 6.54 Å². The summed E-state index contributed by atoms with van der Waals surface area (Å²) in [5.41, 5.74) is 3.46. The fraction of sp³-hybridized carbons (Fsp3) is 0.400. The van der Waals surface area contributed by atoms with E-state index in [1.807, 2.05) is 18.2 Å². The second-order valence-electron chi connectivity index (χ2n) is 5.38. The molecule has 2 heteroatoms. The largest absolute Gasteiger partial charge is 0.334 e. The van der Waals surface area contributed by atoms with Crippen LogP contribution in [-0.2, 0) is 0 Å². The number of fused-ring (bicyclic) bond motifs is 2. The van der Waals surface area contributed by atoms with Gasteiger partial charge in [-0.05, 0) is 24.5 Å². The molecule has 2 fully saturated rings. The van der Waals surface area contributed by atoms with Crippen LogP contribution in [-0.4, -0.2) is 23.4 Å². The lowest BCUT2D eigenvalue weighted by Crippen LogP contribution is -2.61. The molecule has 0 bridgehead atoms. The molecule has 3 aliphatic rings. The van der Waals surface area contributed by atoms with Crippen molar-refractivity contribution in [1.29, 1.82) is 0 Å². The summed E-state index contributed by atoms with van der Waals surface area (Å²) < 4.78 is 0. The molecule has 2 nitrogen and oxygen atoms in total. The molecule has 0 unspecified atom stereocenters. The minimum Gasteiger partial charge on any atom is -0.334 e. The monoisotopic (exact) mass is 225 g/mol. The average Bonchev–Trinajstić information content (AvgIpc) is 2.38. The topological polar surface area (TPSA) is 20.3 Å². The van der Waals surface area contributed by atoms with Crippen LogP contribution in [0.3, 0.4) is 0 Å². The van der Waals surface area contributed by atoms with Gasteiger partial charge < -0.3 is 4.90 Å². The van der Waals surface area contributed by atoms with E-state index in [-0.39, 0.29) is 5.91 Å². The maximum atomic E-state index is 12.4. The van der Waals surface area contributed by atoms with Crippen molar-refractivity contribution >= 4 is 5.91 Å². The van der Waals surface area contributed by atoms with Gasteiger partial charge in [-0.3, -0.25) is 4.79 Å². The highest BCUT2D eigenvalue weighted by Crippen LogP contribution is 2.55. The smallest absolute Gasteiger partial charge is 0.254 e. The van der Waals surface area contributed by atoms with Crippen molar-refractivity contribution in [1.82, 2.24) is 4.90 Å². The fourth-order valence-corrected chi connectivity index (χ4v) is 3.91. The molecular formula is C15H15NO. The first-order chi connectivity index (χ1) is 8.29. The predicted octanol–water partition coefficient (Wildman–Crippen LogP) is 2.57. The summed E-state index contributed by atoms with van der Waals surface area (Å²) in [5, 5.41) is 0. The Bertz CT molecular complexity index is 533. The summed E-state index contributed by atoms with van der Waals surface area (Å²) >= 11 is 0. The SMILES string of the molecule is C=C1[C@@H]2CCCN3C(=O)c4ccccc4[C@H]1[C@H]23. The number of rotatable bonds is 0. The Morgan fingerprint density at radius 3 is 3.00 bits per heavy atom. The van der Waals surface area contributed by atoms with Gasteiger partial charge in [0.05, 0.1) is 0 Å². The van der Waals surface area contributed by atoms with Gasteiger partial charge in [0.15, 0.2) is 0 Å². The molecule has 2 aliphatic heterocycles. The number of carbonyl (C=O) groups excluding carboxylic acids is 1. The van der Waals surface area contributed by atoms with Crippen LogP contribution in [0.1, 0.15) is 34.7 Å². The molecule has 0 aromatic heterocycles. The number of nitrogens with zero attached hydrogens (tertiary/aromatic N) is 1. The highest BCUT2D eigenvalue weighted by molar-refractivity contribution is 5.98. The molecule has 0 N–H and O–H groups in total. The molecule has 17 heavy (non-hydrogen) atoms. The van der Waals surface area contributed by atoms with E-state index < -0.39 is 0 Å². The first-order valence-electron chi connectivity index (χ1n) is 6.37. The molecule has 2 heterocycles. The lowest BCUT2D eigenvalue weighted by Gasteiger charge is -2.58. The lowest BCUT2D eigenvalue weighted by molar-refractivity contribution is 0.0261. The van der Waals surface area contributed by atoms with Crippen LogP contribution in [0.4, 0.5) is 0 Å². The minimum absolute atomic E-state index is 0.235. The molecule has 86 valence electrons. The van der Waals surface area contributed by atoms with Crippen LogP contribution in [0, 0.1) is 5.92 Å². The van der Waals surface area contributed by atoms with Crippen LogP contribution in [0.2, 0.25) is 0 Å². The molecule has 0 radical (unpaired) electrons. The van der Waals surface area contributed by atoms with Crippen molar-refractivity contribution in [3.63, 3.8) is 0 Å². The first kappa shape index (κ1) is 9.46. The third-order valence-corrected chi connectivity index (χ3v) is 4.69. The quantitative estimate of drug-likeness (QED) is 0.621. The summed E-state index contributed by atoms with van der Waals surface area (Å²) in [7, 11) is 0. The van der Waals surface area contributed by atoms with Crippen LogP contribution in [0.25, 0.3) is 0 Å². The van der Waals surface area contributed by atoms with E-state index in [1.165, 1.54) is 17.6 Å². The number of amides is 1. The van der Waals surface area contributed by atoms with Crippen molar-refractivity contribution in [2.24, 2.45) is 5.92 Å². The van der Waals surface area contributed by atoms with E-state index in [9.17, 15) is 4.79 Å². The molecule has 1 aromatic carbocycles. The van der Waals surface area contributed by atoms with E-state index in [0.29, 0.717) is 17.9 Å². The number of hydrogen-bond donors (Lipinski definition) is 0. The van der Waals surface area contributed by atoms with E-state index in [4.69, 9.17) is 0 Å². The standard InChI is InChI=1S/C15H15NO/c1-9-10-7-4-8-16-14(10)13(9)11-5-2-3-6-12(11)15(16)17/h2-3,5-6,10,13-14H,1,4,7-8H2/t10-,13-,14-/m0/s1. The number of hydrogen-bond acceptors (Lipinski definition) is 1. The van der Waals surface area contributed by atoms with E-state index >= 15 is 0 Å². The Hall–Kier alpha value is -1.57. The fourth-order valence-electron chi connectivity index (χ4n) is 3.91. The summed E-state index contributed by atoms with van der Waals surface area (Å²) in [5.74, 6) is 1.21. The van der Waals surface area contributed by atoms with Gasteiger partial charge in [-0.2, -0.15) is 0 Å². The Morgan fingerprint density at radius 2 is 2.12 bits per heavy atom. The molecule has 4 rings (SSSR count). The summed E-state index contributed by atoms with van der Waals surface area (Å²) in [6.07, 6.45) is 2.34. The highest BCUT2D eigenvalue weighted by atomic mass is 16.2. The summed E-state index contributed by atoms with van der Waals surface area (Å²) in [6, 6.07) is 8.47. The van der Waals surface area contributed by atoms with E-state index in [2.05, 4.69) is 17.5 Å². The van der Waals surface area contributed by atoms with Gasteiger partial charge in [0, 0.05) is 30.0 Å². The maximum absolute atomic E-state index is 12.4. The van der Waals surface area contributed by atoms with Gasteiger partial charge in [0.1, 0.15) is 0 Å². The van der Waals surface area contributed by atoms with Crippen LogP contribution < -0.4 is 0 Å².